The molecule has 1 saturated heterocycles. The molecule has 1 aliphatic carbocycles. The molecule has 36 heavy (non-hydrogen) atoms. The Kier molecular flexibility index (Phi) is 7.15. The Balaban J connectivity index is 1.19. The quantitative estimate of drug-likeness (QED) is 0.451. The maximum atomic E-state index is 12.9. The molecule has 4 N–H and O–H groups in total. The summed E-state index contributed by atoms with van der Waals surface area (Å²) >= 11 is 0. The summed E-state index contributed by atoms with van der Waals surface area (Å²) in [5, 5.41) is 12.4. The van der Waals surface area contributed by atoms with Crippen molar-refractivity contribution in [1.29, 1.82) is 0 Å². The van der Waals surface area contributed by atoms with Crippen molar-refractivity contribution in [3.63, 3.8) is 0 Å². The molecule has 0 saturated carbocycles. The number of sulfonamides is 1. The molecule has 0 bridgehead atoms. The van der Waals surface area contributed by atoms with Crippen molar-refractivity contribution in [1.82, 2.24) is 14.3 Å². The zero-order valence-corrected chi connectivity index (χ0v) is 20.9. The Bertz CT molecular complexity index is 1330. The minimum atomic E-state index is -3.55. The van der Waals surface area contributed by atoms with E-state index in [1.807, 2.05) is 12.2 Å². The first-order valence-electron chi connectivity index (χ1n) is 12.3. The summed E-state index contributed by atoms with van der Waals surface area (Å²) in [5.41, 5.74) is 11.4. The lowest BCUT2D eigenvalue weighted by atomic mass is 10.00. The van der Waals surface area contributed by atoms with Crippen LogP contribution in [0, 0.1) is 5.92 Å². The van der Waals surface area contributed by atoms with Crippen molar-refractivity contribution >= 4 is 33.8 Å². The van der Waals surface area contributed by atoms with Crippen molar-refractivity contribution in [3.05, 3.63) is 77.1 Å². The van der Waals surface area contributed by atoms with Gasteiger partial charge in [-0.15, -0.1) is 0 Å². The number of nitrogens with one attached hydrogen (secondary N) is 1. The number of aliphatic hydroxyl groups excluding tert-OH is 1. The first-order valence-corrected chi connectivity index (χ1v) is 13.7. The molecule has 1 atom stereocenters. The highest BCUT2D eigenvalue weighted by Crippen LogP contribution is 2.26. The number of fused-ring (bicyclic) bond motifs is 1. The highest BCUT2D eigenvalue weighted by molar-refractivity contribution is 7.89. The molecule has 188 valence electrons. The fraction of sp³-hybridized carbons (Fsp3) is 0.333. The summed E-state index contributed by atoms with van der Waals surface area (Å²) in [6.45, 7) is 0.976. The topological polar surface area (TPSA) is 121 Å². The van der Waals surface area contributed by atoms with E-state index in [-0.39, 0.29) is 23.5 Å². The lowest BCUT2D eigenvalue weighted by Crippen LogP contribution is -2.39. The number of hydrogen-bond acceptors (Lipinski definition) is 7. The van der Waals surface area contributed by atoms with Crippen LogP contribution in [0.5, 0.6) is 0 Å². The van der Waals surface area contributed by atoms with Crippen LogP contribution >= 0.6 is 0 Å². The minimum absolute atomic E-state index is 0.109. The molecule has 5 rings (SSSR count). The number of nitrogens with two attached hydrogens (primary N) is 1. The van der Waals surface area contributed by atoms with Crippen molar-refractivity contribution in [3.8, 4) is 0 Å². The van der Waals surface area contributed by atoms with E-state index in [0.29, 0.717) is 37.6 Å². The van der Waals surface area contributed by atoms with E-state index >= 15 is 0 Å². The third kappa shape index (κ3) is 5.49. The van der Waals surface area contributed by atoms with Gasteiger partial charge < -0.3 is 16.2 Å². The predicted molar refractivity (Wildman–Crippen MR) is 141 cm³/mol. The Morgan fingerprint density at radius 1 is 0.972 bits per heavy atom. The number of piperidine rings is 1. The Labute approximate surface area is 212 Å². The number of aromatic nitrogens is 2. The van der Waals surface area contributed by atoms with Crippen molar-refractivity contribution in [2.45, 2.75) is 36.6 Å². The van der Waals surface area contributed by atoms with E-state index < -0.39 is 10.0 Å². The molecule has 0 amide bonds. The average Bonchev–Trinajstić information content (AvgIpc) is 3.28. The van der Waals surface area contributed by atoms with Gasteiger partial charge in [-0.1, -0.05) is 30.4 Å². The summed E-state index contributed by atoms with van der Waals surface area (Å²) in [6, 6.07) is 13.3. The average molecular weight is 506 g/mol. The molecule has 2 aromatic carbocycles. The summed E-state index contributed by atoms with van der Waals surface area (Å²) in [4.78, 5) is 9.01. The minimum Gasteiger partial charge on any atom is -0.396 e. The maximum absolute atomic E-state index is 12.9. The summed E-state index contributed by atoms with van der Waals surface area (Å²) < 4.78 is 27.4. The molecule has 9 heteroatoms. The third-order valence-corrected chi connectivity index (χ3v) is 8.83. The van der Waals surface area contributed by atoms with Crippen molar-refractivity contribution in [2.24, 2.45) is 11.7 Å². The van der Waals surface area contributed by atoms with Gasteiger partial charge in [0.15, 0.2) is 0 Å². The van der Waals surface area contributed by atoms with Gasteiger partial charge in [-0.3, -0.25) is 0 Å². The van der Waals surface area contributed by atoms with Gasteiger partial charge in [0.25, 0.3) is 0 Å². The fourth-order valence-corrected chi connectivity index (χ4v) is 6.25. The molecule has 2 heterocycles. The second kappa shape index (κ2) is 10.5. The molecule has 1 fully saturated rings. The summed E-state index contributed by atoms with van der Waals surface area (Å²) in [7, 11) is -3.55. The van der Waals surface area contributed by atoms with Crippen LogP contribution in [0.25, 0.3) is 12.2 Å². The maximum Gasteiger partial charge on any atom is 0.243 e. The van der Waals surface area contributed by atoms with E-state index in [1.54, 1.807) is 36.7 Å². The van der Waals surface area contributed by atoms with Gasteiger partial charge in [-0.25, -0.2) is 18.4 Å². The van der Waals surface area contributed by atoms with E-state index in [2.05, 4.69) is 33.5 Å². The lowest BCUT2D eigenvalue weighted by molar-refractivity contribution is 0.170. The van der Waals surface area contributed by atoms with E-state index in [9.17, 15) is 13.5 Å². The SMILES string of the molecule is NC1Cc2ccc(/C=C/c3cnc(Nc4ccc(S(=O)(=O)N5CCC(CO)CC5)cc4)nc3)cc2C1. The van der Waals surface area contributed by atoms with E-state index in [1.165, 1.54) is 15.4 Å². The van der Waals surface area contributed by atoms with Crippen LogP contribution in [0.1, 0.15) is 35.1 Å². The Morgan fingerprint density at radius 2 is 1.64 bits per heavy atom. The summed E-state index contributed by atoms with van der Waals surface area (Å²) in [6.07, 6.45) is 10.7. The van der Waals surface area contributed by atoms with Crippen LogP contribution < -0.4 is 11.1 Å². The first-order chi connectivity index (χ1) is 17.4. The molecule has 8 nitrogen and oxygen atoms in total. The van der Waals surface area contributed by atoms with Crippen LogP contribution in [0.2, 0.25) is 0 Å². The first kappa shape index (κ1) is 24.6. The van der Waals surface area contributed by atoms with Crippen molar-refractivity contribution < 1.29 is 13.5 Å². The molecular weight excluding hydrogens is 474 g/mol. The van der Waals surface area contributed by atoms with Crippen LogP contribution in [-0.2, 0) is 22.9 Å². The largest absolute Gasteiger partial charge is 0.396 e. The van der Waals surface area contributed by atoms with Crippen LogP contribution in [0.3, 0.4) is 0 Å². The monoisotopic (exact) mass is 505 g/mol. The molecule has 1 aromatic heterocycles. The number of benzene rings is 2. The van der Waals surface area contributed by atoms with Crippen molar-refractivity contribution in [2.75, 3.05) is 25.0 Å². The molecule has 1 unspecified atom stereocenters. The second-order valence-corrected chi connectivity index (χ2v) is 11.5. The molecule has 2 aliphatic rings. The second-order valence-electron chi connectivity index (χ2n) is 9.55. The van der Waals surface area contributed by atoms with Crippen LogP contribution in [-0.4, -0.2) is 53.5 Å². The number of nitrogens with zero attached hydrogens (tertiary/aromatic N) is 3. The normalized spacial score (nSPS) is 19.0. The van der Waals surface area contributed by atoms with Crippen LogP contribution in [0.15, 0.2) is 59.8 Å². The predicted octanol–water partition coefficient (Wildman–Crippen LogP) is 3.21. The van der Waals surface area contributed by atoms with Gasteiger partial charge in [-0.2, -0.15) is 4.31 Å². The van der Waals surface area contributed by atoms with Gasteiger partial charge >= 0.3 is 0 Å². The Morgan fingerprint density at radius 3 is 2.33 bits per heavy atom. The molecule has 0 spiro atoms. The fourth-order valence-electron chi connectivity index (χ4n) is 4.78. The molecule has 1 aliphatic heterocycles. The highest BCUT2D eigenvalue weighted by atomic mass is 32.2. The smallest absolute Gasteiger partial charge is 0.243 e. The highest BCUT2D eigenvalue weighted by Gasteiger charge is 2.29. The number of rotatable bonds is 7. The van der Waals surface area contributed by atoms with E-state index in [0.717, 1.165) is 24.0 Å². The third-order valence-electron chi connectivity index (χ3n) is 6.91. The number of aliphatic hydroxyl groups is 1. The standard InChI is InChI=1S/C27H31N5O3S/c28-24-14-22-4-3-19(13-23(22)15-24)1-2-21-16-29-27(30-17-21)31-25-5-7-26(8-6-25)36(34,35)32-11-9-20(18-33)10-12-32/h1-8,13,16-17,20,24,33H,9-12,14-15,18,28H2,(H,29,30,31)/b2-1+. The zero-order chi connectivity index (χ0) is 25.1. The molecular formula is C27H31N5O3S. The van der Waals surface area contributed by atoms with Gasteiger partial charge in [0.1, 0.15) is 0 Å². The Hall–Kier alpha value is -3.11. The zero-order valence-electron chi connectivity index (χ0n) is 20.0. The number of anilines is 2. The number of hydrogen-bond donors (Lipinski definition) is 3. The lowest BCUT2D eigenvalue weighted by Gasteiger charge is -2.30. The van der Waals surface area contributed by atoms with E-state index in [4.69, 9.17) is 5.73 Å². The van der Waals surface area contributed by atoms with Crippen LogP contribution in [0.4, 0.5) is 11.6 Å². The van der Waals surface area contributed by atoms with Gasteiger partial charge in [0, 0.05) is 49.4 Å². The summed E-state index contributed by atoms with van der Waals surface area (Å²) in [5.74, 6) is 0.615. The van der Waals surface area contributed by atoms with Gasteiger partial charge in [0.2, 0.25) is 16.0 Å². The van der Waals surface area contributed by atoms with Gasteiger partial charge in [0.05, 0.1) is 4.90 Å². The molecule has 0 radical (unpaired) electrons. The molecule has 3 aromatic rings. The van der Waals surface area contributed by atoms with Gasteiger partial charge in [-0.05, 0) is 72.6 Å².